The summed E-state index contributed by atoms with van der Waals surface area (Å²) in [5.74, 6) is 1.13. The Morgan fingerprint density at radius 2 is 1.93 bits per heavy atom. The molecule has 3 aromatic rings. The first-order valence-electron chi connectivity index (χ1n) is 8.27. The number of nitrogens with one attached hydrogen (secondary N) is 1. The van der Waals surface area contributed by atoms with Crippen molar-refractivity contribution in [2.45, 2.75) is 6.54 Å². The number of aromatic amines is 1. The number of benzene rings is 2. The van der Waals surface area contributed by atoms with Gasteiger partial charge in [-0.2, -0.15) is 0 Å². The molecule has 0 saturated heterocycles. The van der Waals surface area contributed by atoms with Crippen molar-refractivity contribution in [3.8, 4) is 22.6 Å². The Hall–Kier alpha value is -3.05. The average molecular weight is 418 g/mol. The quantitative estimate of drug-likeness (QED) is 0.457. The van der Waals surface area contributed by atoms with Crippen LogP contribution in [0, 0.1) is 5.82 Å². The zero-order valence-corrected chi connectivity index (χ0v) is 15.8. The fourth-order valence-corrected chi connectivity index (χ4v) is 3.63. The van der Waals surface area contributed by atoms with Gasteiger partial charge in [-0.05, 0) is 0 Å². The molecule has 6 nitrogen and oxygen atoms in total. The first kappa shape index (κ1) is 16.1. The molecule has 0 amide bonds. The first-order valence-corrected chi connectivity index (χ1v) is 9.21. The molecule has 0 fully saturated rings. The van der Waals surface area contributed by atoms with Crippen molar-refractivity contribution >= 4 is 32.4 Å². The van der Waals surface area contributed by atoms with E-state index in [0.717, 1.165) is 32.6 Å². The molecule has 130 valence electrons. The van der Waals surface area contributed by atoms with Gasteiger partial charge in [-0.1, -0.05) is 6.07 Å². The van der Waals surface area contributed by atoms with Crippen molar-refractivity contribution in [2.24, 2.45) is 0 Å². The molecule has 2 aromatic carbocycles. The van der Waals surface area contributed by atoms with E-state index in [1.165, 1.54) is 18.5 Å². The molecule has 0 spiro atoms. The van der Waals surface area contributed by atoms with E-state index in [0.29, 0.717) is 17.9 Å². The fraction of sp³-hybridized carbons (Fsp3) is 0.0526. The molecule has 2 aliphatic heterocycles. The SMILES string of the molecule is Fc1cc(-c2ccccc2)c2nc(Cn3cnc([As])c4ncnc3-4)[nH]c2c1. The van der Waals surface area contributed by atoms with Gasteiger partial charge in [-0.15, -0.1) is 0 Å². The number of fused-ring (bicyclic) bond motifs is 2. The van der Waals surface area contributed by atoms with Crippen molar-refractivity contribution < 1.29 is 4.39 Å². The maximum atomic E-state index is 14.1. The van der Waals surface area contributed by atoms with Gasteiger partial charge in [0.05, 0.1) is 0 Å². The van der Waals surface area contributed by atoms with Crippen LogP contribution in [0.1, 0.15) is 5.82 Å². The van der Waals surface area contributed by atoms with Crippen LogP contribution in [0.15, 0.2) is 55.1 Å². The number of nitrogens with zero attached hydrogens (tertiary/aromatic N) is 5. The fourth-order valence-electron chi connectivity index (χ4n) is 3.19. The molecule has 1 N–H and O–H groups in total. The van der Waals surface area contributed by atoms with E-state index < -0.39 is 0 Å². The number of hydrogen-bond donors (Lipinski definition) is 1. The van der Waals surface area contributed by atoms with Gasteiger partial charge in [0.15, 0.2) is 0 Å². The molecule has 2 aliphatic rings. The molecule has 0 saturated carbocycles. The minimum atomic E-state index is -0.303. The number of rotatable bonds is 3. The third-order valence-corrected chi connectivity index (χ3v) is 5.07. The number of halogens is 1. The predicted octanol–water partition coefficient (Wildman–Crippen LogP) is 2.30. The van der Waals surface area contributed by atoms with Crippen molar-refractivity contribution in [2.75, 3.05) is 0 Å². The van der Waals surface area contributed by atoms with Gasteiger partial charge < -0.3 is 0 Å². The van der Waals surface area contributed by atoms with Gasteiger partial charge in [0.2, 0.25) is 0 Å². The molecule has 0 aliphatic carbocycles. The van der Waals surface area contributed by atoms with Gasteiger partial charge >= 0.3 is 156 Å². The molecule has 8 heteroatoms. The van der Waals surface area contributed by atoms with E-state index in [-0.39, 0.29) is 5.82 Å². The molecule has 27 heavy (non-hydrogen) atoms. The van der Waals surface area contributed by atoms with Crippen LogP contribution in [0.3, 0.4) is 0 Å². The third kappa shape index (κ3) is 2.80. The molecule has 3 heterocycles. The van der Waals surface area contributed by atoms with E-state index in [1.807, 2.05) is 34.9 Å². The Balaban J connectivity index is 1.61. The van der Waals surface area contributed by atoms with Crippen LogP contribution < -0.4 is 4.48 Å². The zero-order valence-electron chi connectivity index (χ0n) is 14.0. The monoisotopic (exact) mass is 418 g/mol. The number of imidazole rings is 2. The number of aromatic nitrogens is 6. The van der Waals surface area contributed by atoms with Crippen LogP contribution in [-0.4, -0.2) is 46.3 Å². The summed E-state index contributed by atoms with van der Waals surface area (Å²) >= 11 is 2.39. The normalized spacial score (nSPS) is 11.5. The van der Waals surface area contributed by atoms with Gasteiger partial charge in [0.25, 0.3) is 0 Å². The molecule has 2 radical (unpaired) electrons. The number of H-pyrrole nitrogens is 1. The van der Waals surface area contributed by atoms with Crippen molar-refractivity contribution in [3.63, 3.8) is 0 Å². The minimum absolute atomic E-state index is 0.303. The Morgan fingerprint density at radius 3 is 2.78 bits per heavy atom. The van der Waals surface area contributed by atoms with Crippen molar-refractivity contribution in [1.29, 1.82) is 0 Å². The Labute approximate surface area is 162 Å². The van der Waals surface area contributed by atoms with Crippen LogP contribution in [0.5, 0.6) is 0 Å². The van der Waals surface area contributed by atoms with E-state index in [1.54, 1.807) is 6.33 Å². The van der Waals surface area contributed by atoms with Crippen molar-refractivity contribution in [1.82, 2.24) is 29.5 Å². The van der Waals surface area contributed by atoms with E-state index >= 15 is 0 Å². The van der Waals surface area contributed by atoms with Gasteiger partial charge in [-0.25, -0.2) is 0 Å². The Kier molecular flexibility index (Phi) is 3.76. The second-order valence-electron chi connectivity index (χ2n) is 6.14. The summed E-state index contributed by atoms with van der Waals surface area (Å²) in [5.41, 5.74) is 3.82. The second-order valence-corrected chi connectivity index (χ2v) is 7.03. The molecular weight excluding hydrogens is 406 g/mol. The summed E-state index contributed by atoms with van der Waals surface area (Å²) < 4.78 is 16.8. The molecule has 5 rings (SSSR count). The van der Waals surface area contributed by atoms with Crippen LogP contribution in [0.2, 0.25) is 0 Å². The van der Waals surface area contributed by atoms with E-state index in [2.05, 4.69) is 36.8 Å². The van der Waals surface area contributed by atoms with Crippen LogP contribution in [-0.2, 0) is 6.54 Å². The van der Waals surface area contributed by atoms with Crippen LogP contribution in [0.25, 0.3) is 33.7 Å². The standard InChI is InChI=1S/C19H12AsFN6/c20-18-17-19(23-9-22-17)27(10-24-18)8-15-25-14-7-12(21)6-13(16(14)26-15)11-4-2-1-3-5-11/h1-7,9-10H,8H2,(H,25,26). The summed E-state index contributed by atoms with van der Waals surface area (Å²) in [6, 6.07) is 12.7. The molecule has 0 bridgehead atoms. The molecule has 0 unspecified atom stereocenters. The molecular formula is C19H12AsFN6. The average Bonchev–Trinajstić information content (AvgIpc) is 3.31. The summed E-state index contributed by atoms with van der Waals surface area (Å²) in [7, 11) is 0. The molecule has 1 aromatic heterocycles. The summed E-state index contributed by atoms with van der Waals surface area (Å²) in [6.45, 7) is 0.431. The predicted molar refractivity (Wildman–Crippen MR) is 100 cm³/mol. The molecule has 0 atom stereocenters. The van der Waals surface area contributed by atoms with E-state index in [4.69, 9.17) is 4.98 Å². The topological polar surface area (TPSA) is 72.3 Å². The summed E-state index contributed by atoms with van der Waals surface area (Å²) in [4.78, 5) is 20.8. The Bertz CT molecular complexity index is 1230. The first-order chi connectivity index (χ1) is 13.2. The van der Waals surface area contributed by atoms with Crippen LogP contribution >= 0.6 is 0 Å². The maximum absolute atomic E-state index is 14.1. The van der Waals surface area contributed by atoms with E-state index in [9.17, 15) is 4.39 Å². The zero-order chi connectivity index (χ0) is 18.4. The van der Waals surface area contributed by atoms with Crippen LogP contribution in [0.4, 0.5) is 4.39 Å². The summed E-state index contributed by atoms with van der Waals surface area (Å²) in [6.07, 6.45) is 3.22. The van der Waals surface area contributed by atoms with Gasteiger partial charge in [0, 0.05) is 0 Å². The number of hydrogen-bond acceptors (Lipinski definition) is 4. The summed E-state index contributed by atoms with van der Waals surface area (Å²) in [5, 5.41) is 0. The Morgan fingerprint density at radius 1 is 1.07 bits per heavy atom. The van der Waals surface area contributed by atoms with Gasteiger partial charge in [-0.3, -0.25) is 0 Å². The van der Waals surface area contributed by atoms with Gasteiger partial charge in [0.1, 0.15) is 0 Å². The van der Waals surface area contributed by atoms with Crippen molar-refractivity contribution in [3.05, 3.63) is 66.8 Å². The third-order valence-electron chi connectivity index (χ3n) is 4.39. The second kappa shape index (κ2) is 6.28.